The van der Waals surface area contributed by atoms with Crippen molar-refractivity contribution in [1.29, 1.82) is 0 Å². The molecule has 0 N–H and O–H groups in total. The van der Waals surface area contributed by atoms with Gasteiger partial charge in [0.25, 0.3) is 5.91 Å². The summed E-state index contributed by atoms with van der Waals surface area (Å²) in [5.74, 6) is -0.0847. The van der Waals surface area contributed by atoms with E-state index in [4.69, 9.17) is 0 Å². The number of amides is 1. The summed E-state index contributed by atoms with van der Waals surface area (Å²) < 4.78 is 23.4. The van der Waals surface area contributed by atoms with Gasteiger partial charge in [-0.2, -0.15) is 0 Å². The molecule has 1 saturated heterocycles. The van der Waals surface area contributed by atoms with Crippen molar-refractivity contribution in [3.63, 3.8) is 0 Å². The molecule has 0 saturated carbocycles. The molecule has 138 valence electrons. The highest BCUT2D eigenvalue weighted by molar-refractivity contribution is 7.91. The highest BCUT2D eigenvalue weighted by Crippen LogP contribution is 2.25. The average Bonchev–Trinajstić information content (AvgIpc) is 3.02. The number of hydrogen-bond acceptors (Lipinski definition) is 5. The maximum atomic E-state index is 12.8. The Bertz CT molecular complexity index is 884. The quantitative estimate of drug-likeness (QED) is 0.805. The zero-order valence-electron chi connectivity index (χ0n) is 15.0. The van der Waals surface area contributed by atoms with Crippen LogP contribution in [0.3, 0.4) is 0 Å². The van der Waals surface area contributed by atoms with E-state index >= 15 is 0 Å². The first-order chi connectivity index (χ1) is 12.4. The molecule has 1 unspecified atom stereocenters. The summed E-state index contributed by atoms with van der Waals surface area (Å²) in [5, 5.41) is 0. The lowest BCUT2D eigenvalue weighted by atomic mass is 10.2. The van der Waals surface area contributed by atoms with Crippen molar-refractivity contribution in [2.75, 3.05) is 30.0 Å². The minimum atomic E-state index is -3.04. The lowest BCUT2D eigenvalue weighted by molar-refractivity contribution is 0.0742. The molecule has 0 radical (unpaired) electrons. The molecule has 1 aliphatic heterocycles. The zero-order chi connectivity index (χ0) is 18.7. The molecule has 1 aliphatic rings. The number of benzene rings is 1. The fourth-order valence-electron chi connectivity index (χ4n) is 3.25. The molecular formula is C19H23N3O3S. The van der Waals surface area contributed by atoms with Crippen LogP contribution in [0.1, 0.15) is 23.8 Å². The summed E-state index contributed by atoms with van der Waals surface area (Å²) >= 11 is 0. The second kappa shape index (κ2) is 7.45. The molecule has 1 aromatic carbocycles. The fourth-order valence-corrected chi connectivity index (χ4v) is 5.03. The molecule has 2 heterocycles. The summed E-state index contributed by atoms with van der Waals surface area (Å²) in [6.45, 7) is 2.79. The summed E-state index contributed by atoms with van der Waals surface area (Å²) in [6, 6.07) is 13.3. The third kappa shape index (κ3) is 3.88. The van der Waals surface area contributed by atoms with Crippen LogP contribution in [0.2, 0.25) is 0 Å². The molecule has 6 nitrogen and oxygen atoms in total. The topological polar surface area (TPSA) is 70.6 Å². The number of hydrogen-bond donors (Lipinski definition) is 0. The van der Waals surface area contributed by atoms with Crippen LogP contribution in [0.25, 0.3) is 0 Å². The van der Waals surface area contributed by atoms with Gasteiger partial charge < -0.3 is 9.80 Å². The lowest BCUT2D eigenvalue weighted by Gasteiger charge is -2.25. The van der Waals surface area contributed by atoms with Crippen molar-refractivity contribution < 1.29 is 13.2 Å². The van der Waals surface area contributed by atoms with Gasteiger partial charge in [-0.3, -0.25) is 9.78 Å². The Morgan fingerprint density at radius 1 is 1.19 bits per heavy atom. The van der Waals surface area contributed by atoms with E-state index in [2.05, 4.69) is 9.88 Å². The summed E-state index contributed by atoms with van der Waals surface area (Å²) in [5.41, 5.74) is 2.24. The first-order valence-electron chi connectivity index (χ1n) is 8.67. The van der Waals surface area contributed by atoms with Crippen LogP contribution in [0.4, 0.5) is 11.4 Å². The van der Waals surface area contributed by atoms with Gasteiger partial charge in [0.1, 0.15) is 5.69 Å². The second-order valence-electron chi connectivity index (χ2n) is 6.45. The molecule has 0 aliphatic carbocycles. The maximum Gasteiger partial charge on any atom is 0.272 e. The predicted octanol–water partition coefficient (Wildman–Crippen LogP) is 2.50. The molecule has 0 bridgehead atoms. The fraction of sp³-hybridized carbons (Fsp3) is 0.368. The van der Waals surface area contributed by atoms with E-state index in [0.717, 1.165) is 17.9 Å². The van der Waals surface area contributed by atoms with Crippen molar-refractivity contribution in [2.45, 2.75) is 19.4 Å². The van der Waals surface area contributed by atoms with Gasteiger partial charge in [0, 0.05) is 37.2 Å². The highest BCUT2D eigenvalue weighted by Gasteiger charge is 2.33. The van der Waals surface area contributed by atoms with Gasteiger partial charge >= 0.3 is 0 Å². The molecule has 2 aromatic rings. The second-order valence-corrected chi connectivity index (χ2v) is 8.68. The largest absolute Gasteiger partial charge is 0.342 e. The SMILES string of the molecule is CCN(c1ccccc1)c1ccnc(C(=O)N(C)C2CCS(=O)(=O)C2)c1. The molecule has 1 atom stereocenters. The molecule has 1 aromatic heterocycles. The Hall–Kier alpha value is -2.41. The predicted molar refractivity (Wildman–Crippen MR) is 103 cm³/mol. The van der Waals surface area contributed by atoms with Crippen LogP contribution in [0, 0.1) is 0 Å². The Balaban J connectivity index is 1.83. The number of carbonyl (C=O) groups excluding carboxylic acids is 1. The minimum Gasteiger partial charge on any atom is -0.342 e. The van der Waals surface area contributed by atoms with E-state index in [9.17, 15) is 13.2 Å². The van der Waals surface area contributed by atoms with Gasteiger partial charge in [-0.05, 0) is 37.6 Å². The maximum absolute atomic E-state index is 12.8. The van der Waals surface area contributed by atoms with Crippen LogP contribution >= 0.6 is 0 Å². The Labute approximate surface area is 154 Å². The van der Waals surface area contributed by atoms with Crippen LogP contribution in [-0.2, 0) is 9.84 Å². The lowest BCUT2D eigenvalue weighted by Crippen LogP contribution is -2.38. The third-order valence-electron chi connectivity index (χ3n) is 4.73. The number of para-hydroxylation sites is 1. The third-order valence-corrected chi connectivity index (χ3v) is 6.49. The number of carbonyl (C=O) groups is 1. The van der Waals surface area contributed by atoms with Crippen LogP contribution in [0.5, 0.6) is 0 Å². The van der Waals surface area contributed by atoms with Crippen molar-refractivity contribution in [3.8, 4) is 0 Å². The number of nitrogens with zero attached hydrogens (tertiary/aromatic N) is 3. The summed E-state index contributed by atoms with van der Waals surface area (Å²) in [7, 11) is -1.39. The summed E-state index contributed by atoms with van der Waals surface area (Å²) in [6.07, 6.45) is 2.10. The highest BCUT2D eigenvalue weighted by atomic mass is 32.2. The van der Waals surface area contributed by atoms with Gasteiger partial charge in [0.15, 0.2) is 9.84 Å². The zero-order valence-corrected chi connectivity index (χ0v) is 15.8. The number of aromatic nitrogens is 1. The smallest absolute Gasteiger partial charge is 0.272 e. The van der Waals surface area contributed by atoms with Crippen molar-refractivity contribution >= 4 is 27.1 Å². The molecule has 0 spiro atoms. The monoisotopic (exact) mass is 373 g/mol. The first kappa shape index (κ1) is 18.4. The van der Waals surface area contributed by atoms with E-state index in [1.54, 1.807) is 19.3 Å². The van der Waals surface area contributed by atoms with E-state index in [1.807, 2.05) is 43.3 Å². The van der Waals surface area contributed by atoms with Gasteiger partial charge in [0.2, 0.25) is 0 Å². The Morgan fingerprint density at radius 2 is 1.92 bits per heavy atom. The average molecular weight is 373 g/mol. The Morgan fingerprint density at radius 3 is 2.54 bits per heavy atom. The van der Waals surface area contributed by atoms with Crippen LogP contribution in [0.15, 0.2) is 48.7 Å². The minimum absolute atomic E-state index is 0.0278. The summed E-state index contributed by atoms with van der Waals surface area (Å²) in [4.78, 5) is 20.6. The Kier molecular flexibility index (Phi) is 5.27. The number of pyridine rings is 1. The van der Waals surface area contributed by atoms with E-state index in [-0.39, 0.29) is 23.5 Å². The standard InChI is InChI=1S/C19H23N3O3S/c1-3-22(15-7-5-4-6-8-15)16-9-11-20-18(13-16)19(23)21(2)17-10-12-26(24,25)14-17/h4-9,11,13,17H,3,10,12,14H2,1-2H3. The van der Waals surface area contributed by atoms with Crippen molar-refractivity contribution in [2.24, 2.45) is 0 Å². The van der Waals surface area contributed by atoms with Gasteiger partial charge in [0.05, 0.1) is 11.5 Å². The molecule has 7 heteroatoms. The van der Waals surface area contributed by atoms with E-state index < -0.39 is 9.84 Å². The molecular weight excluding hydrogens is 350 g/mol. The normalized spacial score (nSPS) is 18.5. The van der Waals surface area contributed by atoms with Crippen molar-refractivity contribution in [1.82, 2.24) is 9.88 Å². The van der Waals surface area contributed by atoms with Gasteiger partial charge in [-0.1, -0.05) is 18.2 Å². The van der Waals surface area contributed by atoms with Crippen LogP contribution in [-0.4, -0.2) is 55.3 Å². The van der Waals surface area contributed by atoms with Gasteiger partial charge in [-0.15, -0.1) is 0 Å². The van der Waals surface area contributed by atoms with Gasteiger partial charge in [-0.25, -0.2) is 8.42 Å². The number of sulfone groups is 1. The van der Waals surface area contributed by atoms with E-state index in [1.165, 1.54) is 4.90 Å². The number of rotatable bonds is 5. The number of anilines is 2. The first-order valence-corrected chi connectivity index (χ1v) is 10.5. The van der Waals surface area contributed by atoms with Crippen molar-refractivity contribution in [3.05, 3.63) is 54.4 Å². The molecule has 1 amide bonds. The van der Waals surface area contributed by atoms with Crippen LogP contribution < -0.4 is 4.90 Å². The molecule has 26 heavy (non-hydrogen) atoms. The molecule has 3 rings (SSSR count). The van der Waals surface area contributed by atoms with E-state index in [0.29, 0.717) is 12.1 Å². The molecule has 1 fully saturated rings.